The monoisotopic (exact) mass is 231 g/mol. The molecular formula is C14H14FNO. The Labute approximate surface area is 99.8 Å². The van der Waals surface area contributed by atoms with E-state index in [4.69, 9.17) is 10.5 Å². The summed E-state index contributed by atoms with van der Waals surface area (Å²) in [6, 6.07) is 15.9. The van der Waals surface area contributed by atoms with Crippen LogP contribution in [-0.4, -0.2) is 6.54 Å². The van der Waals surface area contributed by atoms with Crippen LogP contribution in [0.25, 0.3) is 0 Å². The zero-order chi connectivity index (χ0) is 12.1. The van der Waals surface area contributed by atoms with Crippen molar-refractivity contribution in [2.24, 2.45) is 5.73 Å². The van der Waals surface area contributed by atoms with Crippen LogP contribution in [0.4, 0.5) is 4.39 Å². The third-order valence-corrected chi connectivity index (χ3v) is 2.49. The smallest absolute Gasteiger partial charge is 0.165 e. The van der Waals surface area contributed by atoms with Crippen LogP contribution in [0.15, 0.2) is 54.6 Å². The molecule has 88 valence electrons. The number of halogens is 1. The van der Waals surface area contributed by atoms with Crippen LogP contribution in [0.5, 0.6) is 5.75 Å². The highest BCUT2D eigenvalue weighted by Gasteiger charge is 2.12. The third-order valence-electron chi connectivity index (χ3n) is 2.49. The Morgan fingerprint density at radius 1 is 1.00 bits per heavy atom. The summed E-state index contributed by atoms with van der Waals surface area (Å²) in [7, 11) is 0. The standard InChI is InChI=1S/C14H14FNO/c15-12-8-4-5-9-13(12)17-14(10-16)11-6-2-1-3-7-11/h1-9,14H,10,16H2. The molecule has 2 nitrogen and oxygen atoms in total. The largest absolute Gasteiger partial charge is 0.481 e. The van der Waals surface area contributed by atoms with Gasteiger partial charge >= 0.3 is 0 Å². The summed E-state index contributed by atoms with van der Waals surface area (Å²) in [6.45, 7) is 0.304. The summed E-state index contributed by atoms with van der Waals surface area (Å²) >= 11 is 0. The summed E-state index contributed by atoms with van der Waals surface area (Å²) < 4.78 is 19.0. The van der Waals surface area contributed by atoms with Crippen molar-refractivity contribution in [2.75, 3.05) is 6.54 Å². The molecule has 0 saturated heterocycles. The number of nitrogens with two attached hydrogens (primary N) is 1. The minimum absolute atomic E-state index is 0.229. The second kappa shape index (κ2) is 5.46. The van der Waals surface area contributed by atoms with Crippen LogP contribution in [0, 0.1) is 5.82 Å². The van der Waals surface area contributed by atoms with Gasteiger partial charge in [0.25, 0.3) is 0 Å². The normalized spacial score (nSPS) is 12.1. The summed E-state index contributed by atoms with van der Waals surface area (Å²) in [5, 5.41) is 0. The predicted octanol–water partition coefficient (Wildman–Crippen LogP) is 2.90. The van der Waals surface area contributed by atoms with Crippen molar-refractivity contribution in [1.29, 1.82) is 0 Å². The molecule has 3 heteroatoms. The molecule has 0 spiro atoms. The molecule has 0 radical (unpaired) electrons. The molecule has 0 aromatic heterocycles. The molecular weight excluding hydrogens is 217 g/mol. The first-order valence-electron chi connectivity index (χ1n) is 5.47. The minimum atomic E-state index is -0.373. The van der Waals surface area contributed by atoms with Crippen molar-refractivity contribution >= 4 is 0 Å². The van der Waals surface area contributed by atoms with Gasteiger partial charge in [0.1, 0.15) is 6.10 Å². The lowest BCUT2D eigenvalue weighted by Crippen LogP contribution is -2.18. The molecule has 1 unspecified atom stereocenters. The van der Waals surface area contributed by atoms with E-state index in [1.807, 2.05) is 30.3 Å². The van der Waals surface area contributed by atoms with E-state index in [-0.39, 0.29) is 17.7 Å². The van der Waals surface area contributed by atoms with Crippen LogP contribution >= 0.6 is 0 Å². The average molecular weight is 231 g/mol. The first kappa shape index (κ1) is 11.6. The van der Waals surface area contributed by atoms with E-state index in [0.29, 0.717) is 6.54 Å². The van der Waals surface area contributed by atoms with Crippen molar-refractivity contribution in [1.82, 2.24) is 0 Å². The fraction of sp³-hybridized carbons (Fsp3) is 0.143. The zero-order valence-corrected chi connectivity index (χ0v) is 9.34. The lowest BCUT2D eigenvalue weighted by molar-refractivity contribution is 0.204. The van der Waals surface area contributed by atoms with Gasteiger partial charge < -0.3 is 10.5 Å². The van der Waals surface area contributed by atoms with Gasteiger partial charge in [-0.3, -0.25) is 0 Å². The number of hydrogen-bond acceptors (Lipinski definition) is 2. The van der Waals surface area contributed by atoms with Gasteiger partial charge in [0.15, 0.2) is 11.6 Å². The first-order chi connectivity index (χ1) is 8.31. The molecule has 2 aromatic carbocycles. The SMILES string of the molecule is NCC(Oc1ccccc1F)c1ccccc1. The lowest BCUT2D eigenvalue weighted by Gasteiger charge is -2.18. The van der Waals surface area contributed by atoms with Gasteiger partial charge in [-0.25, -0.2) is 4.39 Å². The topological polar surface area (TPSA) is 35.2 Å². The Hall–Kier alpha value is -1.87. The summed E-state index contributed by atoms with van der Waals surface area (Å²) in [4.78, 5) is 0. The molecule has 2 N–H and O–H groups in total. The number of benzene rings is 2. The Balaban J connectivity index is 2.19. The van der Waals surface area contributed by atoms with E-state index in [2.05, 4.69) is 0 Å². The molecule has 0 fully saturated rings. The molecule has 17 heavy (non-hydrogen) atoms. The van der Waals surface area contributed by atoms with Gasteiger partial charge in [-0.15, -0.1) is 0 Å². The van der Waals surface area contributed by atoms with E-state index < -0.39 is 0 Å². The summed E-state index contributed by atoms with van der Waals surface area (Å²) in [6.07, 6.45) is -0.326. The number of rotatable bonds is 4. The van der Waals surface area contributed by atoms with E-state index in [1.54, 1.807) is 18.2 Å². The van der Waals surface area contributed by atoms with Crippen molar-refractivity contribution in [3.8, 4) is 5.75 Å². The van der Waals surface area contributed by atoms with Crippen LogP contribution < -0.4 is 10.5 Å². The molecule has 0 saturated carbocycles. The molecule has 0 aliphatic heterocycles. The quantitative estimate of drug-likeness (QED) is 0.878. The van der Waals surface area contributed by atoms with Gasteiger partial charge in [0.2, 0.25) is 0 Å². The maximum atomic E-state index is 13.4. The zero-order valence-electron chi connectivity index (χ0n) is 9.34. The molecule has 0 bridgehead atoms. The molecule has 0 aliphatic carbocycles. The van der Waals surface area contributed by atoms with Crippen molar-refractivity contribution in [3.05, 3.63) is 66.0 Å². The maximum Gasteiger partial charge on any atom is 0.165 e. The van der Waals surface area contributed by atoms with Gasteiger partial charge in [0.05, 0.1) is 0 Å². The maximum absolute atomic E-state index is 13.4. The predicted molar refractivity (Wildman–Crippen MR) is 65.3 cm³/mol. The van der Waals surface area contributed by atoms with Crippen molar-refractivity contribution in [3.63, 3.8) is 0 Å². The van der Waals surface area contributed by atoms with E-state index >= 15 is 0 Å². The Morgan fingerprint density at radius 2 is 1.65 bits per heavy atom. The van der Waals surface area contributed by atoms with Crippen LogP contribution in [0.2, 0.25) is 0 Å². The number of hydrogen-bond donors (Lipinski definition) is 1. The summed E-state index contributed by atoms with van der Waals surface area (Å²) in [5.41, 5.74) is 6.60. The Morgan fingerprint density at radius 3 is 2.29 bits per heavy atom. The third kappa shape index (κ3) is 2.82. The van der Waals surface area contributed by atoms with E-state index in [9.17, 15) is 4.39 Å². The molecule has 0 heterocycles. The first-order valence-corrected chi connectivity index (χ1v) is 5.47. The molecule has 1 atom stereocenters. The Bertz CT molecular complexity index is 473. The molecule has 0 amide bonds. The fourth-order valence-corrected chi connectivity index (χ4v) is 1.61. The molecule has 0 aliphatic rings. The highest BCUT2D eigenvalue weighted by atomic mass is 19.1. The highest BCUT2D eigenvalue weighted by Crippen LogP contribution is 2.23. The average Bonchev–Trinajstić information content (AvgIpc) is 2.39. The van der Waals surface area contributed by atoms with Crippen LogP contribution in [0.1, 0.15) is 11.7 Å². The highest BCUT2D eigenvalue weighted by molar-refractivity contribution is 5.26. The Kier molecular flexibility index (Phi) is 3.73. The van der Waals surface area contributed by atoms with Gasteiger partial charge in [0, 0.05) is 6.54 Å². The lowest BCUT2D eigenvalue weighted by atomic mass is 10.1. The van der Waals surface area contributed by atoms with Gasteiger partial charge in [-0.1, -0.05) is 42.5 Å². The molecule has 2 rings (SSSR count). The van der Waals surface area contributed by atoms with Gasteiger partial charge in [-0.2, -0.15) is 0 Å². The minimum Gasteiger partial charge on any atom is -0.481 e. The number of para-hydroxylation sites is 1. The van der Waals surface area contributed by atoms with Crippen molar-refractivity contribution < 1.29 is 9.13 Å². The van der Waals surface area contributed by atoms with Crippen LogP contribution in [-0.2, 0) is 0 Å². The van der Waals surface area contributed by atoms with E-state index in [1.165, 1.54) is 6.07 Å². The second-order valence-electron chi connectivity index (χ2n) is 3.68. The van der Waals surface area contributed by atoms with Gasteiger partial charge in [-0.05, 0) is 17.7 Å². The summed E-state index contributed by atoms with van der Waals surface area (Å²) in [5.74, 6) is -0.145. The number of ether oxygens (including phenoxy) is 1. The molecule has 2 aromatic rings. The van der Waals surface area contributed by atoms with E-state index in [0.717, 1.165) is 5.56 Å². The van der Waals surface area contributed by atoms with Crippen LogP contribution in [0.3, 0.4) is 0 Å². The van der Waals surface area contributed by atoms with Crippen molar-refractivity contribution in [2.45, 2.75) is 6.10 Å². The second-order valence-corrected chi connectivity index (χ2v) is 3.68. The fourth-order valence-electron chi connectivity index (χ4n) is 1.61.